The van der Waals surface area contributed by atoms with Gasteiger partial charge in [0.15, 0.2) is 0 Å². The van der Waals surface area contributed by atoms with E-state index >= 15 is 0 Å². The summed E-state index contributed by atoms with van der Waals surface area (Å²) in [5, 5.41) is 10.7. The second-order valence-corrected chi connectivity index (χ2v) is 7.91. The summed E-state index contributed by atoms with van der Waals surface area (Å²) in [7, 11) is 1.70. The third-order valence-electron chi connectivity index (χ3n) is 6.21. The van der Waals surface area contributed by atoms with Gasteiger partial charge in [-0.3, -0.25) is 9.80 Å². The van der Waals surface area contributed by atoms with Gasteiger partial charge in [-0.15, -0.1) is 0 Å². The molecule has 1 aliphatic carbocycles. The van der Waals surface area contributed by atoms with Crippen molar-refractivity contribution in [3.05, 3.63) is 36.0 Å². The number of hydrogen-bond acceptors (Lipinski definition) is 5. The number of pyridine rings is 1. The van der Waals surface area contributed by atoms with Crippen LogP contribution in [0.4, 0.5) is 0 Å². The zero-order valence-electron chi connectivity index (χ0n) is 16.3. The smallest absolute Gasteiger partial charge is 0.145 e. The fourth-order valence-electron chi connectivity index (χ4n) is 4.84. The Kier molecular flexibility index (Phi) is 5.91. The highest BCUT2D eigenvalue weighted by Gasteiger charge is 2.33. The summed E-state index contributed by atoms with van der Waals surface area (Å²) in [4.78, 5) is 10.1. The zero-order chi connectivity index (χ0) is 18.6. The summed E-state index contributed by atoms with van der Waals surface area (Å²) < 4.78 is 5.48. The lowest BCUT2D eigenvalue weighted by Gasteiger charge is -2.44. The predicted molar refractivity (Wildman–Crippen MR) is 108 cm³/mol. The van der Waals surface area contributed by atoms with E-state index < -0.39 is 0 Å². The molecule has 1 aromatic carbocycles. The largest absolute Gasteiger partial charge is 0.494 e. The highest BCUT2D eigenvalue weighted by molar-refractivity contribution is 5.84. The predicted octanol–water partition coefficient (Wildman–Crippen LogP) is 3.05. The van der Waals surface area contributed by atoms with Crippen LogP contribution < -0.4 is 4.74 Å². The highest BCUT2D eigenvalue weighted by atomic mass is 16.5. The summed E-state index contributed by atoms with van der Waals surface area (Å²) in [6.45, 7) is 4.32. The van der Waals surface area contributed by atoms with E-state index in [1.807, 2.05) is 12.1 Å². The van der Waals surface area contributed by atoms with Crippen molar-refractivity contribution < 1.29 is 9.84 Å². The molecule has 1 atom stereocenters. The van der Waals surface area contributed by atoms with Gasteiger partial charge < -0.3 is 9.84 Å². The van der Waals surface area contributed by atoms with Gasteiger partial charge in [0.2, 0.25) is 0 Å². The molecule has 2 heterocycles. The van der Waals surface area contributed by atoms with Gasteiger partial charge >= 0.3 is 0 Å². The molecule has 0 amide bonds. The molecule has 27 heavy (non-hydrogen) atoms. The second-order valence-electron chi connectivity index (χ2n) is 7.91. The summed E-state index contributed by atoms with van der Waals surface area (Å²) in [6.07, 6.45) is 6.24. The number of nitrogens with zero attached hydrogens (tertiary/aromatic N) is 3. The molecule has 2 fully saturated rings. The van der Waals surface area contributed by atoms with Gasteiger partial charge in [-0.1, -0.05) is 31.0 Å². The number of aliphatic hydroxyl groups excluding tert-OH is 1. The third kappa shape index (κ3) is 4.10. The van der Waals surface area contributed by atoms with Gasteiger partial charge in [0, 0.05) is 50.3 Å². The molecule has 4 rings (SSSR count). The molecule has 2 aliphatic rings. The minimum absolute atomic E-state index is 0.271. The average molecular weight is 370 g/mol. The lowest BCUT2D eigenvalue weighted by Crippen LogP contribution is -2.56. The molecule has 0 radical (unpaired) electrons. The topological polar surface area (TPSA) is 48.8 Å². The summed E-state index contributed by atoms with van der Waals surface area (Å²) >= 11 is 0. The van der Waals surface area contributed by atoms with E-state index in [0.29, 0.717) is 6.04 Å². The molecule has 5 nitrogen and oxygen atoms in total. The van der Waals surface area contributed by atoms with Crippen LogP contribution >= 0.6 is 0 Å². The fraction of sp³-hybridized carbons (Fsp3) is 0.591. The maximum absolute atomic E-state index is 9.56. The SMILES string of the molecule is COc1cccc2ccc(CN3CCN(C4CCCC4)[C@H](CCO)C3)nc12. The van der Waals surface area contributed by atoms with Crippen LogP contribution in [0.15, 0.2) is 30.3 Å². The number of fused-ring (bicyclic) bond motifs is 1. The maximum atomic E-state index is 9.56. The van der Waals surface area contributed by atoms with E-state index in [1.165, 1.54) is 25.7 Å². The van der Waals surface area contributed by atoms with Crippen molar-refractivity contribution in [1.82, 2.24) is 14.8 Å². The standard InChI is InChI=1S/C22H31N3O2/c1-27-21-8-4-5-17-9-10-18(23-22(17)21)15-24-12-13-25(19-6-2-3-7-19)20(16-24)11-14-26/h4-5,8-10,19-20,26H,2-3,6-7,11-16H2,1H3/t20-/m1/s1. The zero-order valence-corrected chi connectivity index (χ0v) is 16.3. The van der Waals surface area contributed by atoms with Gasteiger partial charge in [0.1, 0.15) is 11.3 Å². The molecule has 146 valence electrons. The Hall–Kier alpha value is -1.69. The highest BCUT2D eigenvalue weighted by Crippen LogP contribution is 2.29. The van der Waals surface area contributed by atoms with Crippen molar-refractivity contribution in [3.8, 4) is 5.75 Å². The Morgan fingerprint density at radius 2 is 2.00 bits per heavy atom. The van der Waals surface area contributed by atoms with Crippen LogP contribution in [0.5, 0.6) is 5.75 Å². The fourth-order valence-corrected chi connectivity index (χ4v) is 4.84. The van der Waals surface area contributed by atoms with Crippen LogP contribution in [0.25, 0.3) is 10.9 Å². The first kappa shape index (κ1) is 18.7. The van der Waals surface area contributed by atoms with E-state index in [2.05, 4.69) is 28.0 Å². The van der Waals surface area contributed by atoms with Gasteiger partial charge in [-0.25, -0.2) is 4.98 Å². The van der Waals surface area contributed by atoms with Crippen LogP contribution in [0.2, 0.25) is 0 Å². The van der Waals surface area contributed by atoms with Crippen LogP contribution in [0.3, 0.4) is 0 Å². The van der Waals surface area contributed by atoms with Gasteiger partial charge in [-0.2, -0.15) is 0 Å². The van der Waals surface area contributed by atoms with Crippen molar-refractivity contribution in [2.24, 2.45) is 0 Å². The number of methoxy groups -OCH3 is 1. The molecular formula is C22H31N3O2. The van der Waals surface area contributed by atoms with Crippen LogP contribution in [-0.2, 0) is 6.54 Å². The number of aliphatic hydroxyl groups is 1. The summed E-state index contributed by atoms with van der Waals surface area (Å²) in [6, 6.07) is 11.5. The van der Waals surface area contributed by atoms with Crippen LogP contribution in [0, 0.1) is 0 Å². The van der Waals surface area contributed by atoms with Crippen molar-refractivity contribution in [2.75, 3.05) is 33.4 Å². The van der Waals surface area contributed by atoms with E-state index in [4.69, 9.17) is 9.72 Å². The molecule has 1 N–H and O–H groups in total. The number of para-hydroxylation sites is 1. The first-order chi connectivity index (χ1) is 13.3. The van der Waals surface area contributed by atoms with E-state index in [-0.39, 0.29) is 6.61 Å². The quantitative estimate of drug-likeness (QED) is 0.848. The minimum Gasteiger partial charge on any atom is -0.494 e. The first-order valence-corrected chi connectivity index (χ1v) is 10.3. The molecule has 5 heteroatoms. The van der Waals surface area contributed by atoms with Gasteiger partial charge in [-0.05, 0) is 31.4 Å². The molecule has 1 aromatic heterocycles. The van der Waals surface area contributed by atoms with E-state index in [0.717, 1.165) is 61.0 Å². The Morgan fingerprint density at radius 1 is 1.15 bits per heavy atom. The second kappa shape index (κ2) is 8.55. The normalized spacial score (nSPS) is 22.5. The van der Waals surface area contributed by atoms with Crippen LogP contribution in [-0.4, -0.2) is 65.3 Å². The monoisotopic (exact) mass is 369 g/mol. The molecule has 2 aromatic rings. The van der Waals surface area contributed by atoms with Crippen molar-refractivity contribution in [2.45, 2.75) is 50.7 Å². The molecule has 1 saturated heterocycles. The van der Waals surface area contributed by atoms with Crippen molar-refractivity contribution in [3.63, 3.8) is 0 Å². The third-order valence-corrected chi connectivity index (χ3v) is 6.21. The molecule has 1 saturated carbocycles. The van der Waals surface area contributed by atoms with Gasteiger partial charge in [0.05, 0.1) is 12.8 Å². The number of benzene rings is 1. The Balaban J connectivity index is 1.47. The number of hydrogen-bond donors (Lipinski definition) is 1. The van der Waals surface area contributed by atoms with Crippen molar-refractivity contribution in [1.29, 1.82) is 0 Å². The molecule has 0 spiro atoms. The average Bonchev–Trinajstić information content (AvgIpc) is 3.22. The Morgan fingerprint density at radius 3 is 2.78 bits per heavy atom. The number of ether oxygens (including phenoxy) is 1. The number of aromatic nitrogens is 1. The number of rotatable bonds is 6. The molecule has 0 unspecified atom stereocenters. The van der Waals surface area contributed by atoms with Crippen molar-refractivity contribution >= 4 is 10.9 Å². The maximum Gasteiger partial charge on any atom is 0.145 e. The van der Waals surface area contributed by atoms with Gasteiger partial charge in [0.25, 0.3) is 0 Å². The Labute approximate surface area is 161 Å². The van der Waals surface area contributed by atoms with E-state index in [9.17, 15) is 5.11 Å². The van der Waals surface area contributed by atoms with Crippen LogP contribution in [0.1, 0.15) is 37.8 Å². The van der Waals surface area contributed by atoms with E-state index in [1.54, 1.807) is 7.11 Å². The molecule has 0 bridgehead atoms. The lowest BCUT2D eigenvalue weighted by atomic mass is 10.0. The first-order valence-electron chi connectivity index (χ1n) is 10.3. The molecular weight excluding hydrogens is 338 g/mol. The minimum atomic E-state index is 0.271. The summed E-state index contributed by atoms with van der Waals surface area (Å²) in [5.41, 5.74) is 2.03. The number of piperazine rings is 1. The lowest BCUT2D eigenvalue weighted by molar-refractivity contribution is 0.0263. The molecule has 1 aliphatic heterocycles. The summed E-state index contributed by atoms with van der Waals surface area (Å²) in [5.74, 6) is 0.832. The Bertz CT molecular complexity index is 760.